The summed E-state index contributed by atoms with van der Waals surface area (Å²) in [5, 5.41) is 2.68. The monoisotopic (exact) mass is 582 g/mol. The number of halogens is 3. The molecule has 13 heteroatoms. The van der Waals surface area contributed by atoms with Crippen molar-refractivity contribution >= 4 is 27.2 Å². The smallest absolute Gasteiger partial charge is 0.392 e. The third-order valence-corrected chi connectivity index (χ3v) is 9.88. The molecule has 3 aliphatic rings. The molecule has 218 valence electrons. The third kappa shape index (κ3) is 6.68. The molecule has 3 heterocycles. The first-order valence-corrected chi connectivity index (χ1v) is 15.0. The number of nitrogens with zero attached hydrogens (tertiary/aromatic N) is 3. The quantitative estimate of drug-likeness (QED) is 0.458. The van der Waals surface area contributed by atoms with E-state index in [1.54, 1.807) is 13.0 Å². The van der Waals surface area contributed by atoms with E-state index in [9.17, 15) is 26.4 Å². The largest absolute Gasteiger partial charge is 0.463 e. The molecule has 3 fully saturated rings. The standard InChI is InChI=1S/C27H33F3N4O5S/c1-18-13-22(33-24(31-18)39-12-9-27(28,29)30)32-23(35)20-4-3-19(40(36,37)17-25(2)15-38-16-25)14-21(20)34-10-7-26(5-6-26)8-11-34/h3-4,13-14H,5-12,15-17H2,1-2H3,(H,31,32,33,35). The van der Waals surface area contributed by atoms with Gasteiger partial charge in [0.15, 0.2) is 9.84 Å². The summed E-state index contributed by atoms with van der Waals surface area (Å²) < 4.78 is 74.4. The first-order chi connectivity index (χ1) is 18.7. The molecule has 2 aromatic rings. The minimum atomic E-state index is -4.38. The zero-order valence-electron chi connectivity index (χ0n) is 22.5. The molecule has 9 nitrogen and oxygen atoms in total. The highest BCUT2D eigenvalue weighted by Gasteiger charge is 2.45. The second-order valence-electron chi connectivity index (χ2n) is 11.6. The predicted molar refractivity (Wildman–Crippen MR) is 141 cm³/mol. The average Bonchev–Trinajstić information content (AvgIpc) is 3.60. The van der Waals surface area contributed by atoms with Crippen LogP contribution < -0.4 is 15.0 Å². The maximum atomic E-state index is 13.5. The number of anilines is 2. The number of aromatic nitrogens is 2. The van der Waals surface area contributed by atoms with E-state index in [1.165, 1.54) is 31.0 Å². The molecule has 1 amide bonds. The van der Waals surface area contributed by atoms with E-state index in [0.29, 0.717) is 43.1 Å². The summed E-state index contributed by atoms with van der Waals surface area (Å²) in [6.07, 6.45) is -1.19. The van der Waals surface area contributed by atoms with Crippen LogP contribution in [0.15, 0.2) is 29.2 Å². The molecule has 1 aromatic heterocycles. The van der Waals surface area contributed by atoms with Gasteiger partial charge in [0.1, 0.15) is 12.4 Å². The van der Waals surface area contributed by atoms with Crippen molar-refractivity contribution in [3.8, 4) is 6.01 Å². The molecule has 2 aliphatic heterocycles. The van der Waals surface area contributed by atoms with Gasteiger partial charge in [0.05, 0.1) is 41.5 Å². The van der Waals surface area contributed by atoms with E-state index >= 15 is 0 Å². The Morgan fingerprint density at radius 2 is 1.82 bits per heavy atom. The third-order valence-electron chi connectivity index (χ3n) is 7.83. The molecule has 1 N–H and O–H groups in total. The van der Waals surface area contributed by atoms with Crippen molar-refractivity contribution in [3.63, 3.8) is 0 Å². The number of carbonyl (C=O) groups excluding carboxylic acids is 1. The number of hydrogen-bond donors (Lipinski definition) is 1. The van der Waals surface area contributed by atoms with Crippen LogP contribution in [0.5, 0.6) is 6.01 Å². The Morgan fingerprint density at radius 1 is 1.12 bits per heavy atom. The number of aryl methyl sites for hydroxylation is 1. The van der Waals surface area contributed by atoms with Gasteiger partial charge in [-0.15, -0.1) is 0 Å². The fourth-order valence-corrected chi connectivity index (χ4v) is 7.06. The Hall–Kier alpha value is -2.93. The highest BCUT2D eigenvalue weighted by atomic mass is 32.2. The van der Waals surface area contributed by atoms with Gasteiger partial charge >= 0.3 is 12.2 Å². The number of amides is 1. The average molecular weight is 583 g/mol. The van der Waals surface area contributed by atoms with Crippen molar-refractivity contribution in [2.75, 3.05) is 48.9 Å². The lowest BCUT2D eigenvalue weighted by molar-refractivity contribution is -0.139. The fourth-order valence-electron chi connectivity index (χ4n) is 5.24. The van der Waals surface area contributed by atoms with Gasteiger partial charge in [-0.05, 0) is 56.2 Å². The maximum Gasteiger partial charge on any atom is 0.392 e. The number of nitrogens with one attached hydrogen (secondary N) is 1. The van der Waals surface area contributed by atoms with E-state index in [1.807, 2.05) is 6.92 Å². The summed E-state index contributed by atoms with van der Waals surface area (Å²) in [6.45, 7) is 5.01. The molecule has 0 atom stereocenters. The minimum absolute atomic E-state index is 0.0502. The van der Waals surface area contributed by atoms with E-state index < -0.39 is 40.4 Å². The molecule has 2 saturated heterocycles. The molecule has 0 unspecified atom stereocenters. The molecule has 1 spiro atoms. The fraction of sp³-hybridized carbons (Fsp3) is 0.593. The van der Waals surface area contributed by atoms with E-state index in [0.717, 1.165) is 12.8 Å². The normalized spacial score (nSPS) is 19.7. The van der Waals surface area contributed by atoms with Crippen LogP contribution >= 0.6 is 0 Å². The second-order valence-corrected chi connectivity index (χ2v) is 13.6. The lowest BCUT2D eigenvalue weighted by Gasteiger charge is -2.38. The second kappa shape index (κ2) is 10.5. The van der Waals surface area contributed by atoms with E-state index in [4.69, 9.17) is 9.47 Å². The van der Waals surface area contributed by atoms with Crippen LogP contribution in [0, 0.1) is 17.8 Å². The molecule has 0 bridgehead atoms. The minimum Gasteiger partial charge on any atom is -0.463 e. The van der Waals surface area contributed by atoms with Gasteiger partial charge in [-0.25, -0.2) is 13.4 Å². The van der Waals surface area contributed by atoms with Crippen molar-refractivity contribution in [2.24, 2.45) is 10.8 Å². The Labute approximate surface area is 231 Å². The first kappa shape index (κ1) is 28.6. The van der Waals surface area contributed by atoms with Gasteiger partial charge in [-0.1, -0.05) is 6.92 Å². The summed E-state index contributed by atoms with van der Waals surface area (Å²) in [6, 6.07) is 5.73. The Morgan fingerprint density at radius 3 is 2.42 bits per heavy atom. The summed E-state index contributed by atoms with van der Waals surface area (Å²) >= 11 is 0. The van der Waals surface area contributed by atoms with Gasteiger partial charge in [-0.2, -0.15) is 18.2 Å². The number of piperidine rings is 1. The highest BCUT2D eigenvalue weighted by Crippen LogP contribution is 2.54. The number of sulfone groups is 1. The molecule has 1 aliphatic carbocycles. The Bertz CT molecular complexity index is 1380. The van der Waals surface area contributed by atoms with Crippen molar-refractivity contribution in [3.05, 3.63) is 35.5 Å². The van der Waals surface area contributed by atoms with Gasteiger partial charge < -0.3 is 19.7 Å². The van der Waals surface area contributed by atoms with Crippen molar-refractivity contribution in [1.82, 2.24) is 9.97 Å². The van der Waals surface area contributed by atoms with Crippen LogP contribution in [-0.2, 0) is 14.6 Å². The molecular weight excluding hydrogens is 549 g/mol. The number of ether oxygens (including phenoxy) is 2. The zero-order chi connectivity index (χ0) is 28.8. The Balaban J connectivity index is 1.39. The molecule has 5 rings (SSSR count). The van der Waals surface area contributed by atoms with Crippen LogP contribution in [0.3, 0.4) is 0 Å². The number of alkyl halides is 3. The molecule has 1 saturated carbocycles. The zero-order valence-corrected chi connectivity index (χ0v) is 23.3. The van der Waals surface area contributed by atoms with E-state index in [-0.39, 0.29) is 28.0 Å². The highest BCUT2D eigenvalue weighted by molar-refractivity contribution is 7.91. The summed E-state index contributed by atoms with van der Waals surface area (Å²) in [5.41, 5.74) is 1.13. The van der Waals surface area contributed by atoms with Crippen LogP contribution in [0.25, 0.3) is 0 Å². The summed E-state index contributed by atoms with van der Waals surface area (Å²) in [4.78, 5) is 23.7. The van der Waals surface area contributed by atoms with Gasteiger partial charge in [0, 0.05) is 30.3 Å². The number of benzene rings is 1. The van der Waals surface area contributed by atoms with Gasteiger partial charge in [0.25, 0.3) is 5.91 Å². The Kier molecular flexibility index (Phi) is 7.49. The summed E-state index contributed by atoms with van der Waals surface area (Å²) in [7, 11) is -3.64. The molecular formula is C27H33F3N4O5S. The van der Waals surface area contributed by atoms with Crippen LogP contribution in [0.2, 0.25) is 0 Å². The predicted octanol–water partition coefficient (Wildman–Crippen LogP) is 4.56. The maximum absolute atomic E-state index is 13.5. The number of hydrogen-bond acceptors (Lipinski definition) is 8. The van der Waals surface area contributed by atoms with E-state index in [2.05, 4.69) is 20.2 Å². The van der Waals surface area contributed by atoms with Crippen LogP contribution in [0.4, 0.5) is 24.7 Å². The van der Waals surface area contributed by atoms with Crippen molar-refractivity contribution < 1.29 is 35.9 Å². The molecule has 0 radical (unpaired) electrons. The topological polar surface area (TPSA) is 111 Å². The molecule has 1 aromatic carbocycles. The number of rotatable bonds is 9. The van der Waals surface area contributed by atoms with Crippen molar-refractivity contribution in [2.45, 2.75) is 57.0 Å². The first-order valence-electron chi connectivity index (χ1n) is 13.3. The summed E-state index contributed by atoms with van der Waals surface area (Å²) in [5.74, 6) is -0.509. The lowest BCUT2D eigenvalue weighted by atomic mass is 9.92. The lowest BCUT2D eigenvalue weighted by Crippen LogP contribution is -2.45. The van der Waals surface area contributed by atoms with Gasteiger partial charge in [0.2, 0.25) is 0 Å². The SMILES string of the molecule is Cc1cc(NC(=O)c2ccc(S(=O)(=O)CC3(C)COC3)cc2N2CCC3(CC2)CC3)nc(OCCC(F)(F)F)n1. The van der Waals surface area contributed by atoms with Crippen LogP contribution in [-0.4, -0.2) is 69.1 Å². The molecule has 40 heavy (non-hydrogen) atoms. The van der Waals surface area contributed by atoms with Gasteiger partial charge in [-0.3, -0.25) is 4.79 Å². The number of carbonyl (C=O) groups is 1. The van der Waals surface area contributed by atoms with Crippen LogP contribution in [0.1, 0.15) is 55.1 Å². The van der Waals surface area contributed by atoms with Crippen molar-refractivity contribution in [1.29, 1.82) is 0 Å².